The summed E-state index contributed by atoms with van der Waals surface area (Å²) in [6.07, 6.45) is 4.50. The molecule has 1 heterocycles. The third-order valence-corrected chi connectivity index (χ3v) is 3.13. The van der Waals surface area contributed by atoms with Crippen LogP contribution in [-0.4, -0.2) is 56.8 Å². The molecule has 110 valence electrons. The van der Waals surface area contributed by atoms with Crippen LogP contribution in [-0.2, 0) is 14.3 Å². The van der Waals surface area contributed by atoms with Crippen molar-refractivity contribution in [3.05, 3.63) is 0 Å². The van der Waals surface area contributed by atoms with Gasteiger partial charge in [0.25, 0.3) is 0 Å². The maximum absolute atomic E-state index is 10.9. The van der Waals surface area contributed by atoms with Crippen LogP contribution in [0.25, 0.3) is 0 Å². The molecule has 0 radical (unpaired) electrons. The number of hydrogen-bond donors (Lipinski definition) is 1. The summed E-state index contributed by atoms with van der Waals surface area (Å²) in [5.41, 5.74) is 5.91. The highest BCUT2D eigenvalue weighted by molar-refractivity contribution is 5.78. The highest BCUT2D eigenvalue weighted by Crippen LogP contribution is 2.04. The minimum Gasteiger partial charge on any atom is -0.469 e. The summed E-state index contributed by atoms with van der Waals surface area (Å²) in [4.78, 5) is 17.3. The average molecular weight is 271 g/mol. The van der Waals surface area contributed by atoms with Gasteiger partial charge in [-0.2, -0.15) is 0 Å². The van der Waals surface area contributed by atoms with Crippen LogP contribution < -0.4 is 5.73 Å². The largest absolute Gasteiger partial charge is 0.469 e. The van der Waals surface area contributed by atoms with Gasteiger partial charge in [0.1, 0.15) is 0 Å². The van der Waals surface area contributed by atoms with Crippen LogP contribution in [0.15, 0.2) is 4.99 Å². The van der Waals surface area contributed by atoms with Crippen LogP contribution in [0.1, 0.15) is 32.1 Å². The number of aliphatic imine (C=N–C) groups is 1. The van der Waals surface area contributed by atoms with Gasteiger partial charge in [-0.3, -0.25) is 9.79 Å². The summed E-state index contributed by atoms with van der Waals surface area (Å²) in [7, 11) is 1.42. The number of nitrogens with two attached hydrogens (primary N) is 1. The molecule has 19 heavy (non-hydrogen) atoms. The van der Waals surface area contributed by atoms with Gasteiger partial charge in [0, 0.05) is 26.1 Å². The van der Waals surface area contributed by atoms with Crippen LogP contribution in [0, 0.1) is 0 Å². The third-order valence-electron chi connectivity index (χ3n) is 3.13. The summed E-state index contributed by atoms with van der Waals surface area (Å²) in [5, 5.41) is 0. The highest BCUT2D eigenvalue weighted by atomic mass is 16.5. The summed E-state index contributed by atoms with van der Waals surface area (Å²) >= 11 is 0. The van der Waals surface area contributed by atoms with E-state index in [0.717, 1.165) is 58.5 Å². The lowest BCUT2D eigenvalue weighted by molar-refractivity contribution is -0.140. The summed E-state index contributed by atoms with van der Waals surface area (Å²) in [5.74, 6) is 0.493. The molecule has 0 aromatic carbocycles. The van der Waals surface area contributed by atoms with Crippen molar-refractivity contribution in [2.45, 2.75) is 32.1 Å². The average Bonchev–Trinajstić information content (AvgIpc) is 2.46. The van der Waals surface area contributed by atoms with Crippen molar-refractivity contribution in [1.82, 2.24) is 4.90 Å². The first-order valence-electron chi connectivity index (χ1n) is 6.93. The molecule has 1 aliphatic heterocycles. The molecule has 6 heteroatoms. The van der Waals surface area contributed by atoms with Gasteiger partial charge in [0.05, 0.1) is 20.3 Å². The third kappa shape index (κ3) is 7.00. The standard InChI is InChI=1S/C13H25N3O3/c1-18-12(17)6-4-2-3-5-7-15-13(14)16-8-10-19-11-9-16/h2-11H2,1H3,(H2,14,15). The number of ether oxygens (including phenoxy) is 2. The molecule has 0 aliphatic carbocycles. The molecule has 0 bridgehead atoms. The second kappa shape index (κ2) is 9.61. The molecule has 0 unspecified atom stereocenters. The van der Waals surface area contributed by atoms with E-state index in [1.807, 2.05) is 0 Å². The molecule has 2 N–H and O–H groups in total. The van der Waals surface area contributed by atoms with E-state index < -0.39 is 0 Å². The van der Waals surface area contributed by atoms with Gasteiger partial charge >= 0.3 is 5.97 Å². The van der Waals surface area contributed by atoms with Crippen LogP contribution in [0.4, 0.5) is 0 Å². The van der Waals surface area contributed by atoms with E-state index in [-0.39, 0.29) is 5.97 Å². The van der Waals surface area contributed by atoms with E-state index in [9.17, 15) is 4.79 Å². The molecule has 0 saturated carbocycles. The SMILES string of the molecule is COC(=O)CCCCCCN=C(N)N1CCOCC1. The lowest BCUT2D eigenvalue weighted by Gasteiger charge is -2.27. The fourth-order valence-electron chi connectivity index (χ4n) is 1.92. The Bertz CT molecular complexity index is 289. The zero-order valence-corrected chi connectivity index (χ0v) is 11.8. The number of carbonyl (C=O) groups excluding carboxylic acids is 1. The Morgan fingerprint density at radius 2 is 1.95 bits per heavy atom. The van der Waals surface area contributed by atoms with Crippen molar-refractivity contribution >= 4 is 11.9 Å². The molecule has 0 aromatic rings. The van der Waals surface area contributed by atoms with Gasteiger partial charge in [0.15, 0.2) is 5.96 Å². The van der Waals surface area contributed by atoms with Crippen molar-refractivity contribution in [2.75, 3.05) is 40.0 Å². The zero-order chi connectivity index (χ0) is 13.9. The smallest absolute Gasteiger partial charge is 0.305 e. The number of morpholine rings is 1. The number of carbonyl (C=O) groups is 1. The van der Waals surface area contributed by atoms with Crippen molar-refractivity contribution < 1.29 is 14.3 Å². The maximum Gasteiger partial charge on any atom is 0.305 e. The van der Waals surface area contributed by atoms with E-state index in [0.29, 0.717) is 12.4 Å². The number of esters is 1. The Kier molecular flexibility index (Phi) is 7.97. The quantitative estimate of drug-likeness (QED) is 0.320. The number of rotatable bonds is 7. The van der Waals surface area contributed by atoms with Crippen LogP contribution in [0.5, 0.6) is 0 Å². The van der Waals surface area contributed by atoms with Crippen LogP contribution in [0.2, 0.25) is 0 Å². The van der Waals surface area contributed by atoms with Crippen LogP contribution in [0.3, 0.4) is 0 Å². The van der Waals surface area contributed by atoms with Gasteiger partial charge in [-0.25, -0.2) is 0 Å². The van der Waals surface area contributed by atoms with Gasteiger partial charge in [-0.1, -0.05) is 12.8 Å². The van der Waals surface area contributed by atoms with E-state index in [1.165, 1.54) is 7.11 Å². The monoisotopic (exact) mass is 271 g/mol. The van der Waals surface area contributed by atoms with Gasteiger partial charge in [0.2, 0.25) is 0 Å². The minimum absolute atomic E-state index is 0.130. The molecule has 0 aromatic heterocycles. The number of methoxy groups -OCH3 is 1. The Balaban J connectivity index is 2.01. The van der Waals surface area contributed by atoms with Crippen molar-refractivity contribution in [3.8, 4) is 0 Å². The lowest BCUT2D eigenvalue weighted by Crippen LogP contribution is -2.44. The van der Waals surface area contributed by atoms with Crippen molar-refractivity contribution in [1.29, 1.82) is 0 Å². The van der Waals surface area contributed by atoms with E-state index in [1.54, 1.807) is 0 Å². The van der Waals surface area contributed by atoms with Gasteiger partial charge in [-0.15, -0.1) is 0 Å². The summed E-state index contributed by atoms with van der Waals surface area (Å²) in [6, 6.07) is 0. The highest BCUT2D eigenvalue weighted by Gasteiger charge is 2.11. The molecule has 1 rings (SSSR count). The lowest BCUT2D eigenvalue weighted by atomic mass is 10.1. The molecule has 1 fully saturated rings. The Morgan fingerprint density at radius 1 is 1.26 bits per heavy atom. The molecular weight excluding hydrogens is 246 g/mol. The minimum atomic E-state index is -0.130. The fourth-order valence-corrected chi connectivity index (χ4v) is 1.92. The summed E-state index contributed by atoms with van der Waals surface area (Å²) < 4.78 is 9.84. The molecule has 0 atom stereocenters. The number of unbranched alkanes of at least 4 members (excludes halogenated alkanes) is 3. The number of guanidine groups is 1. The molecule has 0 amide bonds. The van der Waals surface area contributed by atoms with E-state index in [2.05, 4.69) is 14.6 Å². The van der Waals surface area contributed by atoms with Crippen molar-refractivity contribution in [3.63, 3.8) is 0 Å². The molecule has 0 spiro atoms. The number of hydrogen-bond acceptors (Lipinski definition) is 4. The second-order valence-corrected chi connectivity index (χ2v) is 4.58. The Labute approximate surface area is 114 Å². The Hall–Kier alpha value is -1.30. The van der Waals surface area contributed by atoms with E-state index in [4.69, 9.17) is 10.5 Å². The van der Waals surface area contributed by atoms with Crippen molar-refractivity contribution in [2.24, 2.45) is 10.7 Å². The first-order valence-corrected chi connectivity index (χ1v) is 6.93. The topological polar surface area (TPSA) is 77.1 Å². The first kappa shape index (κ1) is 15.8. The predicted octanol–water partition coefficient (Wildman–Crippen LogP) is 0.757. The normalized spacial score (nSPS) is 16.5. The molecule has 6 nitrogen and oxygen atoms in total. The second-order valence-electron chi connectivity index (χ2n) is 4.58. The predicted molar refractivity (Wildman–Crippen MR) is 74.0 cm³/mol. The maximum atomic E-state index is 10.9. The molecule has 1 aliphatic rings. The Morgan fingerprint density at radius 3 is 2.63 bits per heavy atom. The number of nitrogens with zero attached hydrogens (tertiary/aromatic N) is 2. The van der Waals surface area contributed by atoms with Gasteiger partial charge < -0.3 is 20.1 Å². The summed E-state index contributed by atoms with van der Waals surface area (Å²) in [6.45, 7) is 3.86. The zero-order valence-electron chi connectivity index (χ0n) is 11.8. The fraction of sp³-hybridized carbons (Fsp3) is 0.846. The van der Waals surface area contributed by atoms with Gasteiger partial charge in [-0.05, 0) is 12.8 Å². The van der Waals surface area contributed by atoms with Crippen LogP contribution >= 0.6 is 0 Å². The van der Waals surface area contributed by atoms with E-state index >= 15 is 0 Å². The molecule has 1 saturated heterocycles. The first-order chi connectivity index (χ1) is 9.24. The molecular formula is C13H25N3O3.